The summed E-state index contributed by atoms with van der Waals surface area (Å²) in [6.07, 6.45) is 9.93. The fourth-order valence-corrected chi connectivity index (χ4v) is 4.32. The van der Waals surface area contributed by atoms with Crippen molar-refractivity contribution in [3.8, 4) is 0 Å². The summed E-state index contributed by atoms with van der Waals surface area (Å²) >= 11 is 0. The Balaban J connectivity index is 1.59. The van der Waals surface area contributed by atoms with E-state index in [9.17, 15) is 14.4 Å². The van der Waals surface area contributed by atoms with Crippen LogP contribution in [0.25, 0.3) is 0 Å². The zero-order chi connectivity index (χ0) is 18.6. The molecule has 1 saturated heterocycles. The van der Waals surface area contributed by atoms with Gasteiger partial charge in [-0.3, -0.25) is 14.9 Å². The van der Waals surface area contributed by atoms with Gasteiger partial charge in [-0.15, -0.1) is 0 Å². The maximum Gasteiger partial charge on any atom is 0.322 e. The second-order valence-electron chi connectivity index (χ2n) is 7.69. The third-order valence-corrected chi connectivity index (χ3v) is 5.94. The minimum absolute atomic E-state index is 0.0816. The Morgan fingerprint density at radius 2 is 2.04 bits per heavy atom. The Hall–Kier alpha value is -1.89. The third kappa shape index (κ3) is 4.09. The Morgan fingerprint density at radius 1 is 1.27 bits per heavy atom. The summed E-state index contributed by atoms with van der Waals surface area (Å²) < 4.78 is 5.19. The lowest BCUT2D eigenvalue weighted by Crippen LogP contribution is -2.51. The number of ether oxygens (including phenoxy) is 1. The summed E-state index contributed by atoms with van der Waals surface area (Å²) in [5, 5.41) is 5.07. The molecule has 1 atom stereocenters. The van der Waals surface area contributed by atoms with Crippen molar-refractivity contribution in [2.45, 2.75) is 50.5 Å². The van der Waals surface area contributed by atoms with E-state index in [-0.39, 0.29) is 17.7 Å². The lowest BCUT2D eigenvalue weighted by molar-refractivity contribution is -0.139. The van der Waals surface area contributed by atoms with Gasteiger partial charge in [0.2, 0.25) is 5.91 Å². The van der Waals surface area contributed by atoms with E-state index in [1.54, 1.807) is 7.11 Å². The molecule has 4 amide bonds. The van der Waals surface area contributed by atoms with Crippen molar-refractivity contribution in [3.63, 3.8) is 0 Å². The topological polar surface area (TPSA) is 87.7 Å². The van der Waals surface area contributed by atoms with Crippen LogP contribution in [0.3, 0.4) is 0 Å². The van der Waals surface area contributed by atoms with Crippen molar-refractivity contribution in [3.05, 3.63) is 12.2 Å². The van der Waals surface area contributed by atoms with Gasteiger partial charge < -0.3 is 15.0 Å². The monoisotopic (exact) mass is 363 g/mol. The molecule has 0 aromatic carbocycles. The number of methoxy groups -OCH3 is 1. The first-order chi connectivity index (χ1) is 12.5. The molecule has 7 nitrogen and oxygen atoms in total. The molecule has 1 saturated carbocycles. The van der Waals surface area contributed by atoms with Gasteiger partial charge in [0, 0.05) is 26.1 Å². The van der Waals surface area contributed by atoms with E-state index in [1.165, 1.54) is 0 Å². The molecule has 2 N–H and O–H groups in total. The molecule has 2 aliphatic carbocycles. The van der Waals surface area contributed by atoms with E-state index in [2.05, 4.69) is 22.8 Å². The molecular formula is C19H29N3O4. The van der Waals surface area contributed by atoms with Crippen LogP contribution in [0.5, 0.6) is 0 Å². The number of amides is 4. The predicted octanol–water partition coefficient (Wildman–Crippen LogP) is 1.59. The van der Waals surface area contributed by atoms with E-state index >= 15 is 0 Å². The maximum atomic E-state index is 13.1. The minimum atomic E-state index is -0.806. The normalized spacial score (nSPS) is 31.0. The average Bonchev–Trinajstić information content (AvgIpc) is 2.92. The zero-order valence-corrected chi connectivity index (χ0v) is 15.5. The van der Waals surface area contributed by atoms with E-state index < -0.39 is 11.6 Å². The fourth-order valence-electron chi connectivity index (χ4n) is 4.32. The molecule has 3 aliphatic rings. The summed E-state index contributed by atoms with van der Waals surface area (Å²) in [5.74, 6) is 0.340. The number of allylic oxidation sites excluding steroid dienone is 2. The van der Waals surface area contributed by atoms with E-state index in [0.717, 1.165) is 25.8 Å². The van der Waals surface area contributed by atoms with Crippen LogP contribution < -0.4 is 10.6 Å². The summed E-state index contributed by atoms with van der Waals surface area (Å²) in [6.45, 7) is 1.91. The number of imide groups is 1. The van der Waals surface area contributed by atoms with Gasteiger partial charge in [0.05, 0.1) is 6.61 Å². The Morgan fingerprint density at radius 3 is 2.62 bits per heavy atom. The van der Waals surface area contributed by atoms with Gasteiger partial charge in [0.25, 0.3) is 5.91 Å². The number of carbonyl (C=O) groups excluding carboxylic acids is 3. The number of hydrogen-bond acceptors (Lipinski definition) is 4. The Labute approximate surface area is 154 Å². The van der Waals surface area contributed by atoms with Crippen LogP contribution in [0, 0.1) is 11.8 Å². The van der Waals surface area contributed by atoms with Gasteiger partial charge in [-0.2, -0.15) is 0 Å². The second kappa shape index (κ2) is 8.20. The lowest BCUT2D eigenvalue weighted by atomic mass is 9.76. The molecule has 144 valence electrons. The first kappa shape index (κ1) is 18.9. The average molecular weight is 363 g/mol. The molecule has 1 spiro atoms. The first-order valence-corrected chi connectivity index (χ1v) is 9.60. The fraction of sp³-hybridized carbons (Fsp3) is 0.737. The molecule has 1 unspecified atom stereocenters. The summed E-state index contributed by atoms with van der Waals surface area (Å²) in [6, 6.07) is -0.424. The van der Waals surface area contributed by atoms with Gasteiger partial charge >= 0.3 is 6.03 Å². The van der Waals surface area contributed by atoms with Crippen molar-refractivity contribution in [1.82, 2.24) is 15.5 Å². The van der Waals surface area contributed by atoms with Crippen LogP contribution in [0.2, 0.25) is 0 Å². The highest BCUT2D eigenvalue weighted by Gasteiger charge is 2.49. The van der Waals surface area contributed by atoms with Gasteiger partial charge in [-0.25, -0.2) is 4.79 Å². The highest BCUT2D eigenvalue weighted by Crippen LogP contribution is 2.35. The van der Waals surface area contributed by atoms with Crippen LogP contribution >= 0.6 is 0 Å². The maximum absolute atomic E-state index is 13.1. The smallest absolute Gasteiger partial charge is 0.322 e. The summed E-state index contributed by atoms with van der Waals surface area (Å²) in [7, 11) is 1.65. The van der Waals surface area contributed by atoms with Crippen LogP contribution in [0.1, 0.15) is 44.9 Å². The first-order valence-electron chi connectivity index (χ1n) is 9.60. The lowest BCUT2D eigenvalue weighted by Gasteiger charge is -2.37. The van der Waals surface area contributed by atoms with E-state index in [4.69, 9.17) is 4.74 Å². The number of rotatable bonds is 6. The quantitative estimate of drug-likeness (QED) is 0.554. The predicted molar refractivity (Wildman–Crippen MR) is 96.3 cm³/mol. The molecule has 0 bridgehead atoms. The van der Waals surface area contributed by atoms with Crippen molar-refractivity contribution in [2.24, 2.45) is 11.8 Å². The number of nitrogens with one attached hydrogen (secondary N) is 2. The molecule has 2 fully saturated rings. The zero-order valence-electron chi connectivity index (χ0n) is 15.5. The Bertz CT molecular complexity index is 581. The molecule has 1 aliphatic heterocycles. The van der Waals surface area contributed by atoms with Gasteiger partial charge in [-0.05, 0) is 50.9 Å². The van der Waals surface area contributed by atoms with Crippen molar-refractivity contribution in [2.75, 3.05) is 26.8 Å². The van der Waals surface area contributed by atoms with Crippen LogP contribution in [-0.4, -0.2) is 55.1 Å². The molecular weight excluding hydrogens is 334 g/mol. The molecule has 0 radical (unpaired) electrons. The number of carbonyl (C=O) groups is 3. The summed E-state index contributed by atoms with van der Waals surface area (Å²) in [4.78, 5) is 38.6. The van der Waals surface area contributed by atoms with E-state index in [1.807, 2.05) is 4.90 Å². The molecule has 1 heterocycles. The highest BCUT2D eigenvalue weighted by atomic mass is 16.5. The standard InChI is InChI=1S/C19H29N3O4/c1-26-12-11-22(13-14-5-3-2-4-6-14)16(23)15-7-9-19(10-8-15)17(24)20-18(25)21-19/h2-3,14-15H,4-13H2,1H3,(H2,20,21,24,25). The number of hydrogen-bond donors (Lipinski definition) is 2. The number of nitrogens with zero attached hydrogens (tertiary/aromatic N) is 1. The Kier molecular flexibility index (Phi) is 5.96. The molecule has 7 heteroatoms. The highest BCUT2D eigenvalue weighted by molar-refractivity contribution is 6.07. The molecule has 0 aromatic heterocycles. The summed E-state index contributed by atoms with van der Waals surface area (Å²) in [5.41, 5.74) is -0.806. The van der Waals surface area contributed by atoms with Crippen LogP contribution in [0.4, 0.5) is 4.79 Å². The van der Waals surface area contributed by atoms with Crippen molar-refractivity contribution >= 4 is 17.8 Å². The van der Waals surface area contributed by atoms with Crippen molar-refractivity contribution in [1.29, 1.82) is 0 Å². The number of urea groups is 1. The van der Waals surface area contributed by atoms with Crippen LogP contribution in [0.15, 0.2) is 12.2 Å². The third-order valence-electron chi connectivity index (χ3n) is 5.94. The second-order valence-corrected chi connectivity index (χ2v) is 7.69. The van der Waals surface area contributed by atoms with Gasteiger partial charge in [0.15, 0.2) is 0 Å². The van der Waals surface area contributed by atoms with Crippen molar-refractivity contribution < 1.29 is 19.1 Å². The van der Waals surface area contributed by atoms with Gasteiger partial charge in [0.1, 0.15) is 5.54 Å². The SMILES string of the molecule is COCCN(CC1CC=CCC1)C(=O)C1CCC2(CC1)NC(=O)NC2=O. The molecule has 26 heavy (non-hydrogen) atoms. The molecule has 0 aromatic rings. The minimum Gasteiger partial charge on any atom is -0.383 e. The van der Waals surface area contributed by atoms with Gasteiger partial charge in [-0.1, -0.05) is 12.2 Å². The largest absolute Gasteiger partial charge is 0.383 e. The van der Waals surface area contributed by atoms with E-state index in [0.29, 0.717) is 44.8 Å². The molecule has 3 rings (SSSR count). The van der Waals surface area contributed by atoms with Crippen LogP contribution in [-0.2, 0) is 14.3 Å².